The highest BCUT2D eigenvalue weighted by molar-refractivity contribution is 5.90. The summed E-state index contributed by atoms with van der Waals surface area (Å²) in [6.07, 6.45) is 0. The lowest BCUT2D eigenvalue weighted by molar-refractivity contribution is 0.0695. The van der Waals surface area contributed by atoms with Gasteiger partial charge in [-0.25, -0.2) is 4.79 Å². The lowest BCUT2D eigenvalue weighted by atomic mass is 9.80. The largest absolute Gasteiger partial charge is 0.508 e. The standard InChI is InChI=1S/C20H14O5/c21-11-5-7-15-17(9-11)25-18-10-12(22)6-8-16(18)19(15)13-3-1-2-4-14(13)20(23)24/h1-10,19,21-22H,(H,23,24). The van der Waals surface area contributed by atoms with Gasteiger partial charge in [-0.05, 0) is 23.8 Å². The van der Waals surface area contributed by atoms with Gasteiger partial charge >= 0.3 is 5.97 Å². The van der Waals surface area contributed by atoms with Crippen molar-refractivity contribution in [3.63, 3.8) is 0 Å². The van der Waals surface area contributed by atoms with Crippen molar-refractivity contribution in [2.75, 3.05) is 0 Å². The molecule has 25 heavy (non-hydrogen) atoms. The molecule has 3 aromatic carbocycles. The fourth-order valence-corrected chi connectivity index (χ4v) is 3.26. The Labute approximate surface area is 143 Å². The number of aromatic hydroxyl groups is 2. The maximum atomic E-state index is 11.7. The second-order valence-electron chi connectivity index (χ2n) is 5.87. The van der Waals surface area contributed by atoms with Gasteiger partial charge in [-0.15, -0.1) is 0 Å². The number of fused-ring (bicyclic) bond motifs is 2. The Bertz CT molecular complexity index is 942. The molecule has 5 nitrogen and oxygen atoms in total. The zero-order valence-electron chi connectivity index (χ0n) is 13.0. The topological polar surface area (TPSA) is 87.0 Å². The number of carbonyl (C=O) groups is 1. The summed E-state index contributed by atoms with van der Waals surface area (Å²) >= 11 is 0. The maximum absolute atomic E-state index is 11.7. The van der Waals surface area contributed by atoms with Gasteiger partial charge in [0.2, 0.25) is 0 Å². The number of rotatable bonds is 2. The van der Waals surface area contributed by atoms with Crippen molar-refractivity contribution in [2.45, 2.75) is 5.92 Å². The third-order valence-electron chi connectivity index (χ3n) is 4.34. The molecule has 0 aliphatic carbocycles. The number of hydrogen-bond donors (Lipinski definition) is 3. The summed E-state index contributed by atoms with van der Waals surface area (Å²) in [5.74, 6) is -0.429. The predicted octanol–water partition coefficient (Wildman–Crippen LogP) is 4.08. The van der Waals surface area contributed by atoms with Crippen LogP contribution in [0.3, 0.4) is 0 Å². The monoisotopic (exact) mass is 334 g/mol. The smallest absolute Gasteiger partial charge is 0.335 e. The maximum Gasteiger partial charge on any atom is 0.335 e. The van der Waals surface area contributed by atoms with Crippen molar-refractivity contribution < 1.29 is 24.9 Å². The molecule has 4 rings (SSSR count). The van der Waals surface area contributed by atoms with E-state index in [1.54, 1.807) is 48.5 Å². The zero-order chi connectivity index (χ0) is 17.6. The van der Waals surface area contributed by atoms with Gasteiger partial charge < -0.3 is 20.1 Å². The number of aromatic carboxylic acids is 1. The molecule has 0 bridgehead atoms. The average Bonchev–Trinajstić information content (AvgIpc) is 2.59. The van der Waals surface area contributed by atoms with Crippen LogP contribution >= 0.6 is 0 Å². The van der Waals surface area contributed by atoms with E-state index in [0.717, 1.165) is 11.1 Å². The lowest BCUT2D eigenvalue weighted by Gasteiger charge is -2.29. The van der Waals surface area contributed by atoms with E-state index in [0.29, 0.717) is 17.1 Å². The van der Waals surface area contributed by atoms with Crippen molar-refractivity contribution in [3.05, 3.63) is 82.9 Å². The number of carboxylic acid groups (broad SMARTS) is 1. The molecule has 0 amide bonds. The van der Waals surface area contributed by atoms with Gasteiger partial charge in [0.05, 0.1) is 5.56 Å². The van der Waals surface area contributed by atoms with Crippen LogP contribution in [-0.2, 0) is 0 Å². The fraction of sp³-hybridized carbons (Fsp3) is 0.0500. The summed E-state index contributed by atoms with van der Waals surface area (Å²) in [6.45, 7) is 0. The highest BCUT2D eigenvalue weighted by atomic mass is 16.5. The van der Waals surface area contributed by atoms with Crippen LogP contribution < -0.4 is 4.74 Å². The Morgan fingerprint density at radius 2 is 1.36 bits per heavy atom. The Balaban J connectivity index is 2.01. The minimum atomic E-state index is -1.01. The molecule has 0 saturated carbocycles. The second kappa shape index (κ2) is 5.56. The molecule has 0 fully saturated rings. The summed E-state index contributed by atoms with van der Waals surface area (Å²) in [5, 5.41) is 29.1. The normalized spacial score (nSPS) is 12.8. The highest BCUT2D eigenvalue weighted by Gasteiger charge is 2.31. The molecule has 0 aromatic heterocycles. The number of phenols is 2. The van der Waals surface area contributed by atoms with Crippen LogP contribution in [0, 0.1) is 0 Å². The molecule has 1 aliphatic rings. The molecule has 0 unspecified atom stereocenters. The van der Waals surface area contributed by atoms with Crippen LogP contribution in [0.1, 0.15) is 33.0 Å². The van der Waals surface area contributed by atoms with Gasteiger partial charge in [0.25, 0.3) is 0 Å². The Hall–Kier alpha value is -3.47. The van der Waals surface area contributed by atoms with Crippen molar-refractivity contribution >= 4 is 5.97 Å². The predicted molar refractivity (Wildman–Crippen MR) is 90.6 cm³/mol. The fourth-order valence-electron chi connectivity index (χ4n) is 3.26. The van der Waals surface area contributed by atoms with E-state index in [1.807, 2.05) is 0 Å². The van der Waals surface area contributed by atoms with E-state index >= 15 is 0 Å². The summed E-state index contributed by atoms with van der Waals surface area (Å²) in [6, 6.07) is 16.3. The van der Waals surface area contributed by atoms with Gasteiger partial charge in [-0.1, -0.05) is 30.3 Å². The van der Waals surface area contributed by atoms with Gasteiger partial charge in [0.1, 0.15) is 23.0 Å². The van der Waals surface area contributed by atoms with Crippen LogP contribution in [0.5, 0.6) is 23.0 Å². The molecule has 3 N–H and O–H groups in total. The first kappa shape index (κ1) is 15.1. The molecule has 0 radical (unpaired) electrons. The van der Waals surface area contributed by atoms with E-state index in [-0.39, 0.29) is 23.0 Å². The summed E-state index contributed by atoms with van der Waals surface area (Å²) in [5.41, 5.74) is 2.33. The van der Waals surface area contributed by atoms with Gasteiger partial charge in [-0.2, -0.15) is 0 Å². The van der Waals surface area contributed by atoms with Crippen molar-refractivity contribution in [1.29, 1.82) is 0 Å². The SMILES string of the molecule is O=C(O)c1ccccc1C1c2ccc(O)cc2Oc2cc(O)ccc21. The Kier molecular flexibility index (Phi) is 3.35. The first-order chi connectivity index (χ1) is 12.0. The molecule has 124 valence electrons. The van der Waals surface area contributed by atoms with E-state index in [2.05, 4.69) is 0 Å². The van der Waals surface area contributed by atoms with E-state index in [4.69, 9.17) is 4.74 Å². The average molecular weight is 334 g/mol. The van der Waals surface area contributed by atoms with Gasteiger partial charge in [0, 0.05) is 29.2 Å². The molecule has 5 heteroatoms. The minimum Gasteiger partial charge on any atom is -0.508 e. The van der Waals surface area contributed by atoms with Crippen molar-refractivity contribution in [3.8, 4) is 23.0 Å². The van der Waals surface area contributed by atoms with Crippen LogP contribution in [-0.4, -0.2) is 21.3 Å². The number of carboxylic acids is 1. The Morgan fingerprint density at radius 3 is 1.92 bits per heavy atom. The quantitative estimate of drug-likeness (QED) is 0.514. The third kappa shape index (κ3) is 2.46. The number of phenolic OH excluding ortho intramolecular Hbond substituents is 2. The van der Waals surface area contributed by atoms with E-state index in [1.165, 1.54) is 12.1 Å². The number of ether oxygens (including phenoxy) is 1. The van der Waals surface area contributed by atoms with Crippen LogP contribution in [0.25, 0.3) is 0 Å². The molecule has 0 spiro atoms. The number of benzene rings is 3. The summed E-state index contributed by atoms with van der Waals surface area (Å²) in [7, 11) is 0. The molecular weight excluding hydrogens is 320 g/mol. The van der Waals surface area contributed by atoms with Crippen molar-refractivity contribution in [1.82, 2.24) is 0 Å². The molecule has 3 aromatic rings. The Morgan fingerprint density at radius 1 is 0.800 bits per heavy atom. The molecule has 1 heterocycles. The van der Waals surface area contributed by atoms with Crippen molar-refractivity contribution in [2.24, 2.45) is 0 Å². The lowest BCUT2D eigenvalue weighted by Crippen LogP contribution is -2.15. The highest BCUT2D eigenvalue weighted by Crippen LogP contribution is 2.49. The number of hydrogen-bond acceptors (Lipinski definition) is 4. The molecule has 0 atom stereocenters. The minimum absolute atomic E-state index is 0.0487. The second-order valence-corrected chi connectivity index (χ2v) is 5.87. The third-order valence-corrected chi connectivity index (χ3v) is 4.34. The van der Waals surface area contributed by atoms with Crippen LogP contribution in [0.15, 0.2) is 60.7 Å². The molecule has 1 aliphatic heterocycles. The first-order valence-electron chi connectivity index (χ1n) is 7.70. The summed E-state index contributed by atoms with van der Waals surface area (Å²) < 4.78 is 5.82. The first-order valence-corrected chi connectivity index (χ1v) is 7.70. The molecule has 0 saturated heterocycles. The van der Waals surface area contributed by atoms with Gasteiger partial charge in [0.15, 0.2) is 0 Å². The summed E-state index contributed by atoms with van der Waals surface area (Å²) in [4.78, 5) is 11.7. The van der Waals surface area contributed by atoms with E-state index in [9.17, 15) is 20.1 Å². The van der Waals surface area contributed by atoms with E-state index < -0.39 is 5.97 Å². The van der Waals surface area contributed by atoms with Crippen LogP contribution in [0.4, 0.5) is 0 Å². The molecular formula is C20H14O5. The van der Waals surface area contributed by atoms with Crippen LogP contribution in [0.2, 0.25) is 0 Å². The zero-order valence-corrected chi connectivity index (χ0v) is 13.0. The van der Waals surface area contributed by atoms with Gasteiger partial charge in [-0.3, -0.25) is 0 Å².